The number of hydrogen-bond acceptors (Lipinski definition) is 3. The van der Waals surface area contributed by atoms with E-state index in [0.29, 0.717) is 17.1 Å². The number of anilines is 1. The zero-order valence-corrected chi connectivity index (χ0v) is 12.6. The van der Waals surface area contributed by atoms with Crippen LogP contribution in [0.1, 0.15) is 62.8 Å². The van der Waals surface area contributed by atoms with Crippen molar-refractivity contribution < 1.29 is 0 Å². The van der Waals surface area contributed by atoms with Crippen LogP contribution in [-0.4, -0.2) is 22.6 Å². The lowest BCUT2D eigenvalue weighted by Crippen LogP contribution is -2.34. The Balaban J connectivity index is 1.96. The van der Waals surface area contributed by atoms with Crippen LogP contribution in [0.2, 0.25) is 5.15 Å². The lowest BCUT2D eigenvalue weighted by atomic mass is 10.2. The summed E-state index contributed by atoms with van der Waals surface area (Å²) in [7, 11) is 0. The van der Waals surface area contributed by atoms with Gasteiger partial charge in [-0.25, -0.2) is 9.97 Å². The number of hydrogen-bond donors (Lipinski definition) is 0. The van der Waals surface area contributed by atoms with Crippen molar-refractivity contribution in [2.75, 3.05) is 11.4 Å². The molecular formula is C15H22ClN3. The molecule has 0 aromatic carbocycles. The van der Waals surface area contributed by atoms with E-state index in [-0.39, 0.29) is 0 Å². The molecule has 4 heteroatoms. The van der Waals surface area contributed by atoms with E-state index in [0.717, 1.165) is 23.8 Å². The Morgan fingerprint density at radius 2 is 1.84 bits per heavy atom. The van der Waals surface area contributed by atoms with Crippen molar-refractivity contribution in [1.82, 2.24) is 9.97 Å². The topological polar surface area (TPSA) is 29.0 Å². The average Bonchev–Trinajstić information content (AvgIpc) is 3.12. The minimum absolute atomic E-state index is 0.555. The maximum atomic E-state index is 6.32. The van der Waals surface area contributed by atoms with Gasteiger partial charge in [0.2, 0.25) is 0 Å². The third-order valence-electron chi connectivity index (χ3n) is 4.40. The highest BCUT2D eigenvalue weighted by atomic mass is 35.5. The van der Waals surface area contributed by atoms with Gasteiger partial charge >= 0.3 is 0 Å². The van der Waals surface area contributed by atoms with Gasteiger partial charge in [0, 0.05) is 24.1 Å². The molecule has 1 aromatic rings. The van der Waals surface area contributed by atoms with E-state index in [1.807, 2.05) is 6.92 Å². The number of nitrogens with zero attached hydrogens (tertiary/aromatic N) is 3. The fourth-order valence-electron chi connectivity index (χ4n) is 3.09. The Labute approximate surface area is 120 Å². The summed E-state index contributed by atoms with van der Waals surface area (Å²) in [5, 5.41) is 0.642. The molecule has 104 valence electrons. The van der Waals surface area contributed by atoms with Crippen LogP contribution >= 0.6 is 11.6 Å². The molecule has 0 saturated heterocycles. The second kappa shape index (κ2) is 5.28. The van der Waals surface area contributed by atoms with Gasteiger partial charge in [0.05, 0.1) is 0 Å². The van der Waals surface area contributed by atoms with E-state index < -0.39 is 0 Å². The van der Waals surface area contributed by atoms with Crippen LogP contribution in [0.5, 0.6) is 0 Å². The maximum absolute atomic E-state index is 6.32. The fraction of sp³-hybridized carbons (Fsp3) is 0.733. The first-order chi connectivity index (χ1) is 9.20. The Kier molecular flexibility index (Phi) is 3.66. The summed E-state index contributed by atoms with van der Waals surface area (Å²) in [5.74, 6) is 2.59. The number of halogens is 1. The van der Waals surface area contributed by atoms with Gasteiger partial charge in [0.1, 0.15) is 16.8 Å². The maximum Gasteiger partial charge on any atom is 0.137 e. The summed E-state index contributed by atoms with van der Waals surface area (Å²) in [6.07, 6.45) is 7.69. The van der Waals surface area contributed by atoms with Crippen LogP contribution in [0.4, 0.5) is 5.82 Å². The van der Waals surface area contributed by atoms with E-state index in [1.54, 1.807) is 0 Å². The summed E-state index contributed by atoms with van der Waals surface area (Å²) >= 11 is 6.32. The highest BCUT2D eigenvalue weighted by molar-refractivity contribution is 6.30. The molecule has 0 aliphatic heterocycles. The van der Waals surface area contributed by atoms with Crippen molar-refractivity contribution >= 4 is 17.4 Å². The Bertz CT molecular complexity index is 465. The van der Waals surface area contributed by atoms with Crippen LogP contribution in [0.25, 0.3) is 0 Å². The molecule has 3 nitrogen and oxygen atoms in total. The molecule has 0 bridgehead atoms. The third-order valence-corrected chi connectivity index (χ3v) is 4.77. The van der Waals surface area contributed by atoms with Crippen molar-refractivity contribution in [1.29, 1.82) is 0 Å². The minimum Gasteiger partial charge on any atom is -0.354 e. The first-order valence-corrected chi connectivity index (χ1v) is 7.89. The van der Waals surface area contributed by atoms with Crippen LogP contribution in [0.15, 0.2) is 0 Å². The quantitative estimate of drug-likeness (QED) is 0.778. The smallest absolute Gasteiger partial charge is 0.137 e. The molecule has 2 fully saturated rings. The molecule has 2 aliphatic carbocycles. The van der Waals surface area contributed by atoms with E-state index >= 15 is 0 Å². The largest absolute Gasteiger partial charge is 0.354 e. The average molecular weight is 280 g/mol. The van der Waals surface area contributed by atoms with Crippen molar-refractivity contribution in [3.63, 3.8) is 0 Å². The summed E-state index contributed by atoms with van der Waals surface area (Å²) in [4.78, 5) is 11.8. The Morgan fingerprint density at radius 3 is 2.42 bits per heavy atom. The molecule has 1 aromatic heterocycles. The van der Waals surface area contributed by atoms with Gasteiger partial charge in [-0.05, 0) is 39.5 Å². The molecule has 2 aliphatic rings. The molecule has 1 heterocycles. The second-order valence-electron chi connectivity index (χ2n) is 5.82. The van der Waals surface area contributed by atoms with Gasteiger partial charge in [-0.1, -0.05) is 24.4 Å². The van der Waals surface area contributed by atoms with Gasteiger partial charge < -0.3 is 4.90 Å². The predicted molar refractivity (Wildman–Crippen MR) is 79.0 cm³/mol. The molecule has 0 amide bonds. The second-order valence-corrected chi connectivity index (χ2v) is 6.18. The molecule has 0 radical (unpaired) electrons. The van der Waals surface area contributed by atoms with Crippen LogP contribution in [0, 0.1) is 6.92 Å². The van der Waals surface area contributed by atoms with Crippen LogP contribution in [-0.2, 0) is 0 Å². The minimum atomic E-state index is 0.555. The van der Waals surface area contributed by atoms with E-state index in [9.17, 15) is 0 Å². The van der Waals surface area contributed by atoms with Gasteiger partial charge in [-0.3, -0.25) is 0 Å². The lowest BCUT2D eigenvalue weighted by Gasteiger charge is -2.30. The SMILES string of the molecule is CCN(c1nc(C2CC2)nc(Cl)c1C)C1CCCC1. The molecule has 0 atom stereocenters. The molecule has 19 heavy (non-hydrogen) atoms. The molecule has 3 rings (SSSR count). The van der Waals surface area contributed by atoms with Crippen molar-refractivity contribution in [2.45, 2.75) is 64.3 Å². The monoisotopic (exact) mass is 279 g/mol. The summed E-state index contributed by atoms with van der Waals surface area (Å²) in [5.41, 5.74) is 1.04. The van der Waals surface area contributed by atoms with Gasteiger partial charge in [0.15, 0.2) is 0 Å². The molecule has 0 N–H and O–H groups in total. The summed E-state index contributed by atoms with van der Waals surface area (Å²) < 4.78 is 0. The molecule has 0 unspecified atom stereocenters. The van der Waals surface area contributed by atoms with Crippen molar-refractivity contribution in [2.24, 2.45) is 0 Å². The highest BCUT2D eigenvalue weighted by Gasteiger charge is 2.30. The fourth-order valence-corrected chi connectivity index (χ4v) is 3.27. The third kappa shape index (κ3) is 2.58. The zero-order valence-electron chi connectivity index (χ0n) is 11.8. The predicted octanol–water partition coefficient (Wildman–Crippen LogP) is 4.08. The zero-order chi connectivity index (χ0) is 13.4. The van der Waals surface area contributed by atoms with Crippen molar-refractivity contribution in [3.8, 4) is 0 Å². The Hall–Kier alpha value is -0.830. The summed E-state index contributed by atoms with van der Waals surface area (Å²) in [6.45, 7) is 5.26. The van der Waals surface area contributed by atoms with Gasteiger partial charge in [0.25, 0.3) is 0 Å². The first-order valence-electron chi connectivity index (χ1n) is 7.51. The lowest BCUT2D eigenvalue weighted by molar-refractivity contribution is 0.608. The molecule has 0 spiro atoms. The van der Waals surface area contributed by atoms with E-state index in [1.165, 1.54) is 38.5 Å². The standard InChI is InChI=1S/C15H22ClN3/c1-3-19(12-6-4-5-7-12)15-10(2)13(16)17-14(18-15)11-8-9-11/h11-12H,3-9H2,1-2H3. The van der Waals surface area contributed by atoms with E-state index in [2.05, 4.69) is 16.8 Å². The van der Waals surface area contributed by atoms with E-state index in [4.69, 9.17) is 16.6 Å². The first kappa shape index (κ1) is 13.2. The van der Waals surface area contributed by atoms with Gasteiger partial charge in [-0.2, -0.15) is 0 Å². The van der Waals surface area contributed by atoms with Crippen LogP contribution < -0.4 is 4.90 Å². The Morgan fingerprint density at radius 1 is 1.16 bits per heavy atom. The molecular weight excluding hydrogens is 258 g/mol. The normalized spacial score (nSPS) is 19.9. The van der Waals surface area contributed by atoms with Crippen LogP contribution in [0.3, 0.4) is 0 Å². The number of aromatic nitrogens is 2. The molecule has 2 saturated carbocycles. The summed E-state index contributed by atoms with van der Waals surface area (Å²) in [6, 6.07) is 0.640. The highest BCUT2D eigenvalue weighted by Crippen LogP contribution is 2.40. The van der Waals surface area contributed by atoms with Gasteiger partial charge in [-0.15, -0.1) is 0 Å². The van der Waals surface area contributed by atoms with Crippen molar-refractivity contribution in [3.05, 3.63) is 16.5 Å². The number of rotatable bonds is 4.